The summed E-state index contributed by atoms with van der Waals surface area (Å²) in [6.45, 7) is 6.23. The van der Waals surface area contributed by atoms with E-state index in [0.717, 1.165) is 70.7 Å². The molecule has 0 saturated heterocycles. The van der Waals surface area contributed by atoms with Crippen LogP contribution < -0.4 is 15.4 Å². The lowest BCUT2D eigenvalue weighted by Crippen LogP contribution is -2.22. The van der Waals surface area contributed by atoms with E-state index in [9.17, 15) is 4.79 Å². The van der Waals surface area contributed by atoms with Gasteiger partial charge in [-0.2, -0.15) is 0 Å². The number of aromatic nitrogens is 4. The molecule has 194 valence electrons. The molecule has 0 saturated carbocycles. The van der Waals surface area contributed by atoms with Crippen LogP contribution in [-0.4, -0.2) is 25.3 Å². The largest absolute Gasteiger partial charge is 0.457 e. The zero-order chi connectivity index (χ0) is 26.5. The highest BCUT2D eigenvalue weighted by molar-refractivity contribution is 5.98. The Morgan fingerprint density at radius 1 is 0.947 bits per heavy atom. The van der Waals surface area contributed by atoms with Crippen LogP contribution in [0.3, 0.4) is 0 Å². The molecular weight excluding hydrogens is 476 g/mol. The van der Waals surface area contributed by atoms with Crippen LogP contribution in [0.25, 0.3) is 16.6 Å². The highest BCUT2D eigenvalue weighted by Crippen LogP contribution is 2.31. The van der Waals surface area contributed by atoms with Gasteiger partial charge in [0.15, 0.2) is 0 Å². The van der Waals surface area contributed by atoms with E-state index in [1.54, 1.807) is 6.20 Å². The van der Waals surface area contributed by atoms with Crippen molar-refractivity contribution >= 4 is 39.6 Å². The van der Waals surface area contributed by atoms with Gasteiger partial charge in [0, 0.05) is 47.3 Å². The molecule has 1 amide bonds. The Balaban J connectivity index is 1.34. The molecule has 38 heavy (non-hydrogen) atoms. The van der Waals surface area contributed by atoms with E-state index in [1.165, 1.54) is 6.33 Å². The number of hydrogen-bond acceptors (Lipinski definition) is 6. The van der Waals surface area contributed by atoms with E-state index in [4.69, 9.17) is 4.74 Å². The second kappa shape index (κ2) is 11.3. The molecule has 2 aromatic carbocycles. The van der Waals surface area contributed by atoms with Crippen molar-refractivity contribution in [3.05, 3.63) is 79.0 Å². The highest BCUT2D eigenvalue weighted by atomic mass is 16.5. The van der Waals surface area contributed by atoms with Crippen molar-refractivity contribution in [1.82, 2.24) is 19.4 Å². The van der Waals surface area contributed by atoms with Crippen LogP contribution in [0.2, 0.25) is 0 Å². The average Bonchev–Trinajstić information content (AvgIpc) is 3.38. The number of amides is 1. The van der Waals surface area contributed by atoms with Crippen LogP contribution in [0.4, 0.5) is 17.2 Å². The van der Waals surface area contributed by atoms with Crippen LogP contribution in [0.5, 0.6) is 11.5 Å². The Morgan fingerprint density at radius 2 is 1.76 bits per heavy atom. The van der Waals surface area contributed by atoms with E-state index in [2.05, 4.69) is 39.4 Å². The summed E-state index contributed by atoms with van der Waals surface area (Å²) in [4.78, 5) is 26.1. The van der Waals surface area contributed by atoms with E-state index >= 15 is 0 Å². The number of hydrogen-bond donors (Lipinski definition) is 2. The zero-order valence-electron chi connectivity index (χ0n) is 21.9. The third-order valence-electron chi connectivity index (χ3n) is 6.58. The van der Waals surface area contributed by atoms with Crippen molar-refractivity contribution in [2.24, 2.45) is 5.92 Å². The summed E-state index contributed by atoms with van der Waals surface area (Å²) in [5.41, 5.74) is 4.22. The summed E-state index contributed by atoms with van der Waals surface area (Å²) in [7, 11) is 0. The number of nitrogens with zero attached hydrogens (tertiary/aromatic N) is 4. The Bertz CT molecular complexity index is 1570. The monoisotopic (exact) mass is 508 g/mol. The lowest BCUT2D eigenvalue weighted by molar-refractivity contribution is -0.120. The Morgan fingerprint density at radius 3 is 2.55 bits per heavy atom. The van der Waals surface area contributed by atoms with Gasteiger partial charge in [-0.3, -0.25) is 4.79 Å². The normalized spacial score (nSPS) is 11.3. The van der Waals surface area contributed by atoms with E-state index in [0.29, 0.717) is 5.82 Å². The summed E-state index contributed by atoms with van der Waals surface area (Å²) in [5.74, 6) is 2.25. The first kappa shape index (κ1) is 25.2. The summed E-state index contributed by atoms with van der Waals surface area (Å²) in [6, 6.07) is 15.5. The lowest BCUT2D eigenvalue weighted by Gasteiger charge is -2.16. The fourth-order valence-electron chi connectivity index (χ4n) is 4.64. The number of nitrogens with one attached hydrogen (secondary N) is 2. The first-order valence-electron chi connectivity index (χ1n) is 13.1. The average molecular weight is 509 g/mol. The van der Waals surface area contributed by atoms with Crippen molar-refractivity contribution in [3.63, 3.8) is 0 Å². The highest BCUT2D eigenvalue weighted by Gasteiger charge is 2.17. The molecule has 8 nitrogen and oxygen atoms in total. The van der Waals surface area contributed by atoms with Crippen molar-refractivity contribution in [1.29, 1.82) is 0 Å². The van der Waals surface area contributed by atoms with Crippen molar-refractivity contribution < 1.29 is 9.53 Å². The van der Waals surface area contributed by atoms with E-state index in [1.807, 2.05) is 72.2 Å². The van der Waals surface area contributed by atoms with Gasteiger partial charge in [0.1, 0.15) is 29.3 Å². The molecule has 0 aliphatic rings. The number of anilines is 3. The zero-order valence-corrected chi connectivity index (χ0v) is 21.9. The predicted octanol–water partition coefficient (Wildman–Crippen LogP) is 7.28. The minimum atomic E-state index is 0.0237. The molecule has 0 unspecified atom stereocenters. The van der Waals surface area contributed by atoms with Crippen LogP contribution in [0, 0.1) is 12.8 Å². The molecule has 0 radical (unpaired) electrons. The summed E-state index contributed by atoms with van der Waals surface area (Å²) in [6.07, 6.45) is 10.9. The molecule has 8 heteroatoms. The second-order valence-electron chi connectivity index (χ2n) is 9.48. The van der Waals surface area contributed by atoms with Gasteiger partial charge in [0.05, 0.1) is 5.52 Å². The molecular formula is C30H32N6O2. The number of fused-ring (bicyclic) bond motifs is 2. The number of ether oxygens (including phenoxy) is 1. The van der Waals surface area contributed by atoms with E-state index in [-0.39, 0.29) is 11.8 Å². The van der Waals surface area contributed by atoms with E-state index < -0.39 is 0 Å². The predicted molar refractivity (Wildman–Crippen MR) is 151 cm³/mol. The number of pyridine rings is 1. The third kappa shape index (κ3) is 5.59. The molecule has 5 rings (SSSR count). The van der Waals surface area contributed by atoms with Crippen LogP contribution in [0.1, 0.15) is 45.1 Å². The van der Waals surface area contributed by atoms with Gasteiger partial charge in [0.25, 0.3) is 0 Å². The second-order valence-corrected chi connectivity index (χ2v) is 9.48. The SMILES string of the molecule is CCCC(CCC)C(=O)Nc1ccc2ncnc(Nc3ccc(Oc4ccn5ccnc5c4)c(C)c3)c2c1. The number of aryl methyl sites for hydroxylation is 1. The third-order valence-corrected chi connectivity index (χ3v) is 6.58. The first-order chi connectivity index (χ1) is 18.5. The Hall–Kier alpha value is -4.46. The number of imidazole rings is 1. The minimum absolute atomic E-state index is 0.0237. The molecule has 0 fully saturated rings. The number of rotatable bonds is 10. The van der Waals surface area contributed by atoms with Gasteiger partial charge in [-0.05, 0) is 67.8 Å². The number of carbonyl (C=O) groups excluding carboxylic acids is 1. The van der Waals surface area contributed by atoms with Crippen molar-refractivity contribution in [2.75, 3.05) is 10.6 Å². The summed E-state index contributed by atoms with van der Waals surface area (Å²) in [5, 5.41) is 7.34. The lowest BCUT2D eigenvalue weighted by atomic mass is 9.97. The molecule has 3 heterocycles. The maximum absolute atomic E-state index is 12.9. The van der Waals surface area contributed by atoms with Gasteiger partial charge in [-0.25, -0.2) is 15.0 Å². The quantitative estimate of drug-likeness (QED) is 0.206. The van der Waals surface area contributed by atoms with Crippen LogP contribution in [-0.2, 0) is 4.79 Å². The first-order valence-corrected chi connectivity index (χ1v) is 13.1. The van der Waals surface area contributed by atoms with Gasteiger partial charge < -0.3 is 19.8 Å². The van der Waals surface area contributed by atoms with Gasteiger partial charge in [-0.1, -0.05) is 26.7 Å². The van der Waals surface area contributed by atoms with Crippen molar-refractivity contribution in [3.8, 4) is 11.5 Å². The fraction of sp³-hybridized carbons (Fsp3) is 0.267. The maximum Gasteiger partial charge on any atom is 0.227 e. The van der Waals surface area contributed by atoms with Crippen LogP contribution >= 0.6 is 0 Å². The minimum Gasteiger partial charge on any atom is -0.457 e. The Labute approximate surface area is 222 Å². The van der Waals surface area contributed by atoms with Gasteiger partial charge in [0.2, 0.25) is 5.91 Å². The summed E-state index contributed by atoms with van der Waals surface area (Å²) < 4.78 is 8.06. The molecule has 0 spiro atoms. The molecule has 0 atom stereocenters. The Kier molecular flexibility index (Phi) is 7.49. The van der Waals surface area contributed by atoms with Crippen molar-refractivity contribution in [2.45, 2.75) is 46.5 Å². The number of benzene rings is 2. The molecule has 2 N–H and O–H groups in total. The number of carbonyl (C=O) groups is 1. The smallest absolute Gasteiger partial charge is 0.227 e. The standard InChI is InChI=1S/C30H32N6O2/c1-4-6-21(7-5-2)30(37)35-23-8-10-26-25(17-23)29(33-19-32-26)34-22-9-11-27(20(3)16-22)38-24-12-14-36-15-13-31-28(36)18-24/h8-19,21H,4-7H2,1-3H3,(H,35,37)(H,32,33,34). The molecule has 0 aliphatic carbocycles. The molecule has 5 aromatic rings. The molecule has 0 bridgehead atoms. The maximum atomic E-state index is 12.9. The van der Waals surface area contributed by atoms with Gasteiger partial charge >= 0.3 is 0 Å². The molecule has 3 aromatic heterocycles. The fourth-order valence-corrected chi connectivity index (χ4v) is 4.64. The van der Waals surface area contributed by atoms with Gasteiger partial charge in [-0.15, -0.1) is 0 Å². The van der Waals surface area contributed by atoms with Crippen LogP contribution in [0.15, 0.2) is 73.4 Å². The summed E-state index contributed by atoms with van der Waals surface area (Å²) >= 11 is 0. The molecule has 0 aliphatic heterocycles. The topological polar surface area (TPSA) is 93.4 Å².